The first-order valence-electron chi connectivity index (χ1n) is 6.57. The molecule has 104 valence electrons. The lowest BCUT2D eigenvalue weighted by Gasteiger charge is -2.17. The van der Waals surface area contributed by atoms with E-state index >= 15 is 0 Å². The van der Waals surface area contributed by atoms with Crippen LogP contribution in [0, 0.1) is 0 Å². The Balaban J connectivity index is 2.05. The summed E-state index contributed by atoms with van der Waals surface area (Å²) in [7, 11) is 1.39. The average Bonchev–Trinajstić information content (AvgIpc) is 2.53. The highest BCUT2D eigenvalue weighted by molar-refractivity contribution is 5.70. The fourth-order valence-corrected chi connectivity index (χ4v) is 1.95. The van der Waals surface area contributed by atoms with E-state index in [9.17, 15) is 4.79 Å². The molecule has 0 fully saturated rings. The largest absolute Gasteiger partial charge is 0.469 e. The molecule has 3 heteroatoms. The summed E-state index contributed by atoms with van der Waals surface area (Å²) in [6, 6.07) is 19.6. The fraction of sp³-hybridized carbons (Fsp3) is 0.235. The van der Waals surface area contributed by atoms with Gasteiger partial charge in [-0.3, -0.25) is 4.79 Å². The van der Waals surface area contributed by atoms with Crippen LogP contribution in [-0.4, -0.2) is 13.1 Å². The molecule has 0 aliphatic rings. The molecule has 20 heavy (non-hydrogen) atoms. The maximum absolute atomic E-state index is 11.5. The van der Waals surface area contributed by atoms with Crippen molar-refractivity contribution in [2.75, 3.05) is 7.11 Å². The van der Waals surface area contributed by atoms with Gasteiger partial charge < -0.3 is 9.47 Å². The van der Waals surface area contributed by atoms with E-state index in [1.165, 1.54) is 7.11 Å². The van der Waals surface area contributed by atoms with Gasteiger partial charge in [0.1, 0.15) is 0 Å². The average molecular weight is 270 g/mol. The number of esters is 1. The molecule has 0 saturated heterocycles. The standard InChI is InChI=1S/C17H18O3/c1-19-17(18)12-16(15-10-6-3-7-11-15)20-13-14-8-4-2-5-9-14/h2-11,16H,12-13H2,1H3. The molecule has 0 saturated carbocycles. The molecule has 3 nitrogen and oxygen atoms in total. The van der Waals surface area contributed by atoms with E-state index in [0.29, 0.717) is 6.61 Å². The summed E-state index contributed by atoms with van der Waals surface area (Å²) in [5.74, 6) is -0.271. The van der Waals surface area contributed by atoms with E-state index in [1.54, 1.807) is 0 Å². The molecule has 0 aliphatic carbocycles. The minimum atomic E-state index is -0.288. The molecule has 0 N–H and O–H groups in total. The van der Waals surface area contributed by atoms with Gasteiger partial charge in [-0.05, 0) is 11.1 Å². The Labute approximate surface area is 119 Å². The maximum atomic E-state index is 11.5. The molecular weight excluding hydrogens is 252 g/mol. The van der Waals surface area contributed by atoms with Gasteiger partial charge in [0.2, 0.25) is 0 Å². The van der Waals surface area contributed by atoms with Crippen LogP contribution in [0.3, 0.4) is 0 Å². The SMILES string of the molecule is COC(=O)CC(OCc1ccccc1)c1ccccc1. The quantitative estimate of drug-likeness (QED) is 0.753. The van der Waals surface area contributed by atoms with Gasteiger partial charge in [0.25, 0.3) is 0 Å². The number of benzene rings is 2. The van der Waals surface area contributed by atoms with Gasteiger partial charge in [-0.25, -0.2) is 0 Å². The summed E-state index contributed by atoms with van der Waals surface area (Å²) in [5, 5.41) is 0. The second kappa shape index (κ2) is 7.46. The Kier molecular flexibility index (Phi) is 5.33. The van der Waals surface area contributed by atoms with Crippen molar-refractivity contribution >= 4 is 5.97 Å². The molecule has 2 aromatic carbocycles. The van der Waals surface area contributed by atoms with Crippen LogP contribution in [0.1, 0.15) is 23.7 Å². The molecular formula is C17H18O3. The van der Waals surface area contributed by atoms with Crippen molar-refractivity contribution in [3.8, 4) is 0 Å². The number of ether oxygens (including phenoxy) is 2. The number of methoxy groups -OCH3 is 1. The number of hydrogen-bond donors (Lipinski definition) is 0. The Bertz CT molecular complexity index is 522. The summed E-state index contributed by atoms with van der Waals surface area (Å²) in [5.41, 5.74) is 2.06. The van der Waals surface area contributed by atoms with Gasteiger partial charge >= 0.3 is 5.97 Å². The highest BCUT2D eigenvalue weighted by atomic mass is 16.5. The highest BCUT2D eigenvalue weighted by Gasteiger charge is 2.17. The minimum Gasteiger partial charge on any atom is -0.469 e. The van der Waals surface area contributed by atoms with Crippen molar-refractivity contribution in [1.29, 1.82) is 0 Å². The van der Waals surface area contributed by atoms with Gasteiger partial charge in [0.15, 0.2) is 0 Å². The van der Waals surface area contributed by atoms with Crippen molar-refractivity contribution in [2.24, 2.45) is 0 Å². The normalized spacial score (nSPS) is 11.8. The van der Waals surface area contributed by atoms with E-state index in [0.717, 1.165) is 11.1 Å². The minimum absolute atomic E-state index is 0.216. The monoisotopic (exact) mass is 270 g/mol. The topological polar surface area (TPSA) is 35.5 Å². The zero-order valence-electron chi connectivity index (χ0n) is 11.5. The van der Waals surface area contributed by atoms with E-state index in [2.05, 4.69) is 0 Å². The van der Waals surface area contributed by atoms with Crippen LogP contribution in [0.25, 0.3) is 0 Å². The number of hydrogen-bond acceptors (Lipinski definition) is 3. The van der Waals surface area contributed by atoms with Crippen molar-refractivity contribution in [1.82, 2.24) is 0 Å². The third-order valence-electron chi connectivity index (χ3n) is 3.05. The van der Waals surface area contributed by atoms with E-state index in [-0.39, 0.29) is 18.5 Å². The molecule has 0 heterocycles. The van der Waals surface area contributed by atoms with Crippen molar-refractivity contribution in [3.05, 3.63) is 71.8 Å². The molecule has 1 atom stereocenters. The molecule has 2 aromatic rings. The Hall–Kier alpha value is -2.13. The molecule has 0 spiro atoms. The smallest absolute Gasteiger partial charge is 0.308 e. The zero-order valence-corrected chi connectivity index (χ0v) is 11.5. The molecule has 2 rings (SSSR count). The van der Waals surface area contributed by atoms with Crippen LogP contribution in [0.5, 0.6) is 0 Å². The first kappa shape index (κ1) is 14.3. The van der Waals surface area contributed by atoms with E-state index in [1.807, 2.05) is 60.7 Å². The number of rotatable bonds is 6. The first-order chi connectivity index (χ1) is 9.79. The van der Waals surface area contributed by atoms with Crippen molar-refractivity contribution < 1.29 is 14.3 Å². The summed E-state index contributed by atoms with van der Waals surface area (Å²) in [6.07, 6.45) is -0.0725. The lowest BCUT2D eigenvalue weighted by atomic mass is 10.1. The summed E-state index contributed by atoms with van der Waals surface area (Å²) >= 11 is 0. The summed E-state index contributed by atoms with van der Waals surface area (Å²) in [4.78, 5) is 11.5. The molecule has 0 bridgehead atoms. The van der Waals surface area contributed by atoms with Crippen LogP contribution < -0.4 is 0 Å². The van der Waals surface area contributed by atoms with E-state index < -0.39 is 0 Å². The number of carbonyl (C=O) groups is 1. The fourth-order valence-electron chi connectivity index (χ4n) is 1.95. The number of carbonyl (C=O) groups excluding carboxylic acids is 1. The second-order valence-electron chi connectivity index (χ2n) is 4.48. The molecule has 0 amide bonds. The molecule has 1 unspecified atom stereocenters. The first-order valence-corrected chi connectivity index (χ1v) is 6.57. The zero-order chi connectivity index (χ0) is 14.2. The lowest BCUT2D eigenvalue weighted by molar-refractivity contribution is -0.144. The Morgan fingerprint density at radius 3 is 2.20 bits per heavy atom. The maximum Gasteiger partial charge on any atom is 0.308 e. The second-order valence-corrected chi connectivity index (χ2v) is 4.48. The van der Waals surface area contributed by atoms with Gasteiger partial charge in [0, 0.05) is 0 Å². The van der Waals surface area contributed by atoms with Crippen molar-refractivity contribution in [3.63, 3.8) is 0 Å². The van der Waals surface area contributed by atoms with Crippen LogP contribution in [0.2, 0.25) is 0 Å². The van der Waals surface area contributed by atoms with Crippen LogP contribution >= 0.6 is 0 Å². The Morgan fingerprint density at radius 1 is 1.00 bits per heavy atom. The van der Waals surface area contributed by atoms with Crippen LogP contribution in [-0.2, 0) is 20.9 Å². The predicted octanol–water partition coefficient (Wildman–Crippen LogP) is 3.51. The van der Waals surface area contributed by atoms with Crippen LogP contribution in [0.4, 0.5) is 0 Å². The third kappa shape index (κ3) is 4.21. The molecule has 0 aliphatic heterocycles. The summed E-state index contributed by atoms with van der Waals surface area (Å²) in [6.45, 7) is 0.470. The van der Waals surface area contributed by atoms with Gasteiger partial charge in [-0.2, -0.15) is 0 Å². The molecule has 0 aromatic heterocycles. The van der Waals surface area contributed by atoms with Crippen LogP contribution in [0.15, 0.2) is 60.7 Å². The van der Waals surface area contributed by atoms with Gasteiger partial charge in [-0.15, -0.1) is 0 Å². The third-order valence-corrected chi connectivity index (χ3v) is 3.05. The lowest BCUT2D eigenvalue weighted by Crippen LogP contribution is -2.12. The highest BCUT2D eigenvalue weighted by Crippen LogP contribution is 2.23. The summed E-state index contributed by atoms with van der Waals surface area (Å²) < 4.78 is 10.6. The van der Waals surface area contributed by atoms with E-state index in [4.69, 9.17) is 9.47 Å². The van der Waals surface area contributed by atoms with Gasteiger partial charge in [0.05, 0.1) is 26.2 Å². The predicted molar refractivity (Wildman–Crippen MR) is 77.0 cm³/mol. The molecule has 0 radical (unpaired) electrons. The van der Waals surface area contributed by atoms with Gasteiger partial charge in [-0.1, -0.05) is 60.7 Å². The Morgan fingerprint density at radius 2 is 1.60 bits per heavy atom. The van der Waals surface area contributed by atoms with Crippen molar-refractivity contribution in [2.45, 2.75) is 19.1 Å².